The van der Waals surface area contributed by atoms with E-state index < -0.39 is 0 Å². The van der Waals surface area contributed by atoms with E-state index in [0.29, 0.717) is 12.0 Å². The average Bonchev–Trinajstić information content (AvgIpc) is 1.80. The van der Waals surface area contributed by atoms with Gasteiger partial charge in [0, 0.05) is 12.0 Å². The van der Waals surface area contributed by atoms with Crippen molar-refractivity contribution in [2.45, 2.75) is 38.0 Å². The molecule has 0 aliphatic rings. The van der Waals surface area contributed by atoms with Crippen molar-refractivity contribution in [2.24, 2.45) is 0 Å². The van der Waals surface area contributed by atoms with Crippen molar-refractivity contribution >= 4 is 11.6 Å². The average molecular weight is 151 g/mol. The molecule has 0 saturated carbocycles. The summed E-state index contributed by atoms with van der Waals surface area (Å²) in [4.78, 5) is 0. The van der Waals surface area contributed by atoms with Crippen LogP contribution in [0.1, 0.15) is 32.6 Å². The molecule has 2 heteroatoms. The summed E-state index contributed by atoms with van der Waals surface area (Å²) in [5, 5.41) is 8.69. The number of alkyl halides is 1. The molecule has 0 aliphatic heterocycles. The lowest BCUT2D eigenvalue weighted by Crippen LogP contribution is -1.90. The van der Waals surface area contributed by atoms with E-state index in [-0.39, 0.29) is 0 Å². The Morgan fingerprint density at radius 3 is 2.44 bits per heavy atom. The molecule has 1 N–H and O–H groups in total. The fraction of sp³-hybridized carbons (Fsp3) is 1.00. The highest BCUT2D eigenvalue weighted by molar-refractivity contribution is 6.20. The van der Waals surface area contributed by atoms with Crippen LogP contribution in [0.15, 0.2) is 0 Å². The lowest BCUT2D eigenvalue weighted by molar-refractivity contribution is 0.282. The largest absolute Gasteiger partial charge is 0.396 e. The number of hydrogen-bond acceptors (Lipinski definition) is 1. The normalized spacial score (nSPS) is 13.7. The highest BCUT2D eigenvalue weighted by Crippen LogP contribution is 2.07. The first-order valence-electron chi connectivity index (χ1n) is 3.52. The molecule has 0 rings (SSSR count). The summed E-state index contributed by atoms with van der Waals surface area (Å²) in [5.74, 6) is 0. The molecule has 0 aliphatic carbocycles. The third-order valence-electron chi connectivity index (χ3n) is 1.26. The second-order valence-electron chi connectivity index (χ2n) is 2.35. The van der Waals surface area contributed by atoms with E-state index in [2.05, 4.69) is 0 Å². The van der Waals surface area contributed by atoms with Gasteiger partial charge in [-0.2, -0.15) is 0 Å². The highest BCUT2D eigenvalue weighted by Gasteiger charge is 1.94. The monoisotopic (exact) mass is 150 g/mol. The zero-order valence-electron chi connectivity index (χ0n) is 5.94. The molecule has 0 aromatic heterocycles. The molecular formula is C7H15ClO. The molecule has 0 radical (unpaired) electrons. The Morgan fingerprint density at radius 1 is 1.33 bits per heavy atom. The number of halogens is 1. The molecule has 0 unspecified atom stereocenters. The topological polar surface area (TPSA) is 20.2 Å². The van der Waals surface area contributed by atoms with Crippen LogP contribution in [0.2, 0.25) is 0 Å². The summed E-state index contributed by atoms with van der Waals surface area (Å²) in [6.45, 7) is 2.32. The van der Waals surface area contributed by atoms with Gasteiger partial charge >= 0.3 is 0 Å². The summed E-state index contributed by atoms with van der Waals surface area (Å²) in [5.41, 5.74) is 0. The standard InChI is InChI=1S/C7H15ClO/c1-7(8)5-3-2-4-6-9/h7,9H,2-6H2,1H3/t7-/m0/s1. The van der Waals surface area contributed by atoms with Crippen LogP contribution >= 0.6 is 11.6 Å². The third-order valence-corrected chi connectivity index (χ3v) is 1.48. The van der Waals surface area contributed by atoms with Crippen molar-refractivity contribution in [3.8, 4) is 0 Å². The maximum Gasteiger partial charge on any atom is 0.0431 e. The van der Waals surface area contributed by atoms with Crippen LogP contribution in [-0.4, -0.2) is 17.1 Å². The maximum atomic E-state index is 8.40. The fourth-order valence-electron chi connectivity index (χ4n) is 0.714. The second kappa shape index (κ2) is 6.37. The molecule has 0 aromatic rings. The fourth-order valence-corrected chi connectivity index (χ4v) is 0.868. The maximum absolute atomic E-state index is 8.40. The molecule has 0 amide bonds. The van der Waals surface area contributed by atoms with Crippen molar-refractivity contribution in [1.29, 1.82) is 0 Å². The molecule has 0 saturated heterocycles. The number of unbranched alkanes of at least 4 members (excludes halogenated alkanes) is 2. The Labute approximate surface area is 62.0 Å². The first-order chi connectivity index (χ1) is 4.27. The SMILES string of the molecule is C[C@H](Cl)CCCCCO. The quantitative estimate of drug-likeness (QED) is 0.471. The van der Waals surface area contributed by atoms with Gasteiger partial charge in [0.15, 0.2) is 0 Å². The number of aliphatic hydroxyl groups is 1. The van der Waals surface area contributed by atoms with Crippen molar-refractivity contribution in [3.05, 3.63) is 0 Å². The molecule has 0 fully saturated rings. The number of hydrogen-bond donors (Lipinski definition) is 1. The number of rotatable bonds is 5. The van der Waals surface area contributed by atoms with E-state index in [1.165, 1.54) is 0 Å². The Hall–Kier alpha value is 0.250. The summed E-state index contributed by atoms with van der Waals surface area (Å²) in [6, 6.07) is 0. The molecule has 0 spiro atoms. The predicted octanol–water partition coefficient (Wildman–Crippen LogP) is 2.17. The first kappa shape index (κ1) is 9.25. The molecular weight excluding hydrogens is 136 g/mol. The Balaban J connectivity index is 2.75. The van der Waals surface area contributed by atoms with Gasteiger partial charge in [0.1, 0.15) is 0 Å². The van der Waals surface area contributed by atoms with Gasteiger partial charge in [-0.3, -0.25) is 0 Å². The van der Waals surface area contributed by atoms with Crippen molar-refractivity contribution in [2.75, 3.05) is 6.61 Å². The van der Waals surface area contributed by atoms with E-state index in [1.54, 1.807) is 0 Å². The lowest BCUT2D eigenvalue weighted by Gasteiger charge is -1.99. The molecule has 0 bridgehead atoms. The van der Waals surface area contributed by atoms with Gasteiger partial charge in [0.2, 0.25) is 0 Å². The third kappa shape index (κ3) is 8.25. The van der Waals surface area contributed by atoms with Gasteiger partial charge in [-0.1, -0.05) is 12.8 Å². The van der Waals surface area contributed by atoms with Gasteiger partial charge in [0.25, 0.3) is 0 Å². The lowest BCUT2D eigenvalue weighted by atomic mass is 10.2. The summed E-state index contributed by atoms with van der Waals surface area (Å²) in [6.07, 6.45) is 4.24. The van der Waals surface area contributed by atoms with Crippen LogP contribution in [-0.2, 0) is 0 Å². The van der Waals surface area contributed by atoms with Crippen LogP contribution in [0.25, 0.3) is 0 Å². The van der Waals surface area contributed by atoms with Crippen molar-refractivity contribution < 1.29 is 5.11 Å². The Bertz CT molecular complexity index is 54.9. The van der Waals surface area contributed by atoms with E-state index >= 15 is 0 Å². The molecule has 9 heavy (non-hydrogen) atoms. The summed E-state index contributed by atoms with van der Waals surface area (Å²) >= 11 is 5.69. The predicted molar refractivity (Wildman–Crippen MR) is 40.9 cm³/mol. The van der Waals surface area contributed by atoms with Gasteiger partial charge in [0.05, 0.1) is 0 Å². The molecule has 0 heterocycles. The first-order valence-corrected chi connectivity index (χ1v) is 3.96. The molecule has 0 aromatic carbocycles. The van der Waals surface area contributed by atoms with Gasteiger partial charge < -0.3 is 5.11 Å². The highest BCUT2D eigenvalue weighted by atomic mass is 35.5. The van der Waals surface area contributed by atoms with Crippen LogP contribution < -0.4 is 0 Å². The Morgan fingerprint density at radius 2 is 2.00 bits per heavy atom. The van der Waals surface area contributed by atoms with Crippen LogP contribution in [0.4, 0.5) is 0 Å². The summed E-state index contributed by atoms with van der Waals surface area (Å²) in [7, 11) is 0. The zero-order valence-corrected chi connectivity index (χ0v) is 6.69. The number of aliphatic hydroxyl groups excluding tert-OH is 1. The van der Waals surface area contributed by atoms with Crippen LogP contribution in [0.5, 0.6) is 0 Å². The van der Waals surface area contributed by atoms with Crippen LogP contribution in [0, 0.1) is 0 Å². The smallest absolute Gasteiger partial charge is 0.0431 e. The summed E-state index contributed by atoms with van der Waals surface area (Å²) < 4.78 is 0. The minimum Gasteiger partial charge on any atom is -0.396 e. The van der Waals surface area contributed by atoms with E-state index in [4.69, 9.17) is 16.7 Å². The molecule has 56 valence electrons. The minimum atomic E-state index is 0.295. The van der Waals surface area contributed by atoms with Crippen molar-refractivity contribution in [1.82, 2.24) is 0 Å². The zero-order chi connectivity index (χ0) is 7.11. The van der Waals surface area contributed by atoms with E-state index in [9.17, 15) is 0 Å². The molecule has 1 nitrogen and oxygen atoms in total. The second-order valence-corrected chi connectivity index (χ2v) is 3.10. The Kier molecular flexibility index (Phi) is 6.55. The van der Waals surface area contributed by atoms with Crippen LogP contribution in [0.3, 0.4) is 0 Å². The van der Waals surface area contributed by atoms with Gasteiger partial charge in [-0.15, -0.1) is 11.6 Å². The minimum absolute atomic E-state index is 0.295. The molecule has 1 atom stereocenters. The van der Waals surface area contributed by atoms with Gasteiger partial charge in [-0.25, -0.2) is 0 Å². The van der Waals surface area contributed by atoms with Crippen molar-refractivity contribution in [3.63, 3.8) is 0 Å². The van der Waals surface area contributed by atoms with Gasteiger partial charge in [-0.05, 0) is 19.8 Å². The van der Waals surface area contributed by atoms with E-state index in [1.807, 2.05) is 6.92 Å². The van der Waals surface area contributed by atoms with E-state index in [0.717, 1.165) is 25.7 Å².